The van der Waals surface area contributed by atoms with E-state index in [9.17, 15) is 0 Å². The van der Waals surface area contributed by atoms with Gasteiger partial charge in [-0.3, -0.25) is 0 Å². The van der Waals surface area contributed by atoms with E-state index in [-0.39, 0.29) is 6.10 Å². The highest BCUT2D eigenvalue weighted by Crippen LogP contribution is 1.96. The van der Waals surface area contributed by atoms with Gasteiger partial charge in [0.25, 0.3) is 0 Å². The van der Waals surface area contributed by atoms with Crippen molar-refractivity contribution in [3.8, 4) is 0 Å². The zero-order valence-electron chi connectivity index (χ0n) is 4.89. The maximum absolute atomic E-state index is 8.81. The number of hydrogen-bond donors (Lipinski definition) is 2. The number of aliphatic hydroxyl groups is 1. The van der Waals surface area contributed by atoms with Gasteiger partial charge in [-0.15, -0.1) is 0 Å². The molecule has 0 aromatic heterocycles. The third kappa shape index (κ3) is 2.60. The molecule has 0 bridgehead atoms. The molecule has 0 unspecified atom stereocenters. The van der Waals surface area contributed by atoms with Gasteiger partial charge in [0, 0.05) is 6.54 Å². The van der Waals surface area contributed by atoms with Gasteiger partial charge in [-0.25, -0.2) is 0 Å². The highest BCUT2D eigenvalue weighted by atomic mass is 16.3. The summed E-state index contributed by atoms with van der Waals surface area (Å²) >= 11 is 0. The molecule has 3 N–H and O–H groups in total. The summed E-state index contributed by atoms with van der Waals surface area (Å²) in [6.07, 6.45) is -0.319. The molecule has 0 heterocycles. The predicted octanol–water partition coefficient (Wildman–Crippen LogP) is -0.0380. The van der Waals surface area contributed by atoms with Gasteiger partial charge in [-0.2, -0.15) is 0 Å². The van der Waals surface area contributed by atoms with Crippen molar-refractivity contribution in [3.63, 3.8) is 0 Å². The van der Waals surface area contributed by atoms with E-state index < -0.39 is 0 Å². The summed E-state index contributed by atoms with van der Waals surface area (Å²) in [6.45, 7) is 4.26. The molecule has 0 aliphatic carbocycles. The van der Waals surface area contributed by atoms with Crippen molar-refractivity contribution in [2.75, 3.05) is 6.54 Å². The molecule has 0 saturated heterocycles. The normalized spacial score (nSPS) is 15.0. The zero-order valence-corrected chi connectivity index (χ0v) is 4.89. The first-order valence-electron chi connectivity index (χ1n) is 2.56. The molecule has 0 aromatic carbocycles. The first-order chi connectivity index (χ1) is 3.18. The molecule has 2 nitrogen and oxygen atoms in total. The molecule has 1 atom stereocenters. The monoisotopic (exact) mass is 103 g/mol. The van der Waals surface area contributed by atoms with Crippen LogP contribution >= 0.6 is 0 Å². The first-order valence-corrected chi connectivity index (χ1v) is 2.56. The Labute approximate surface area is 44.3 Å². The molecule has 0 spiro atoms. The molecular weight excluding hydrogens is 90.1 g/mol. The lowest BCUT2D eigenvalue weighted by Crippen LogP contribution is -2.24. The second-order valence-electron chi connectivity index (χ2n) is 2.05. The standard InChI is InChI=1S/C5H13NO/c1-4(2)5(7)3-6/h4-5,7H,3,6H2,1-2H3/t5-/m1/s1. The molecule has 0 amide bonds. The van der Waals surface area contributed by atoms with Crippen LogP contribution in [0.1, 0.15) is 13.8 Å². The molecule has 0 aromatic rings. The minimum absolute atomic E-state index is 0.296. The third-order valence-electron chi connectivity index (χ3n) is 1.01. The maximum Gasteiger partial charge on any atom is 0.0685 e. The fourth-order valence-electron chi connectivity index (χ4n) is 0.272. The Morgan fingerprint density at radius 1 is 1.57 bits per heavy atom. The number of nitrogens with two attached hydrogens (primary N) is 1. The molecular formula is C5H13NO. The van der Waals surface area contributed by atoms with Gasteiger partial charge in [-0.05, 0) is 5.92 Å². The Kier molecular flexibility index (Phi) is 2.96. The van der Waals surface area contributed by atoms with Crippen LogP contribution in [0, 0.1) is 5.92 Å². The second-order valence-corrected chi connectivity index (χ2v) is 2.05. The summed E-state index contributed by atoms with van der Waals surface area (Å²) in [6, 6.07) is 0. The Balaban J connectivity index is 3.14. The molecule has 0 fully saturated rings. The Hall–Kier alpha value is -0.0800. The number of aliphatic hydroxyl groups excluding tert-OH is 1. The first kappa shape index (κ1) is 6.92. The van der Waals surface area contributed by atoms with Crippen LogP contribution in [0.25, 0.3) is 0 Å². The highest BCUT2D eigenvalue weighted by Gasteiger charge is 2.03. The van der Waals surface area contributed by atoms with Crippen LogP contribution in [-0.4, -0.2) is 17.8 Å². The molecule has 0 aliphatic heterocycles. The summed E-state index contributed by atoms with van der Waals surface area (Å²) in [5.41, 5.74) is 5.12. The number of hydrogen-bond acceptors (Lipinski definition) is 2. The number of rotatable bonds is 2. The van der Waals surface area contributed by atoms with Crippen molar-refractivity contribution < 1.29 is 5.11 Å². The fourth-order valence-corrected chi connectivity index (χ4v) is 0.272. The lowest BCUT2D eigenvalue weighted by Gasteiger charge is -2.09. The third-order valence-corrected chi connectivity index (χ3v) is 1.01. The SMILES string of the molecule is CC(C)[C@H](O)CN. The van der Waals surface area contributed by atoms with E-state index in [1.165, 1.54) is 0 Å². The van der Waals surface area contributed by atoms with Gasteiger partial charge in [0.2, 0.25) is 0 Å². The largest absolute Gasteiger partial charge is 0.392 e. The Bertz CT molecular complexity index is 45.3. The van der Waals surface area contributed by atoms with Gasteiger partial charge < -0.3 is 10.8 Å². The molecule has 44 valence electrons. The van der Waals surface area contributed by atoms with E-state index in [2.05, 4.69) is 0 Å². The molecule has 2 heteroatoms. The average molecular weight is 103 g/mol. The van der Waals surface area contributed by atoms with Crippen molar-refractivity contribution in [3.05, 3.63) is 0 Å². The maximum atomic E-state index is 8.81. The molecule has 7 heavy (non-hydrogen) atoms. The van der Waals surface area contributed by atoms with Gasteiger partial charge >= 0.3 is 0 Å². The van der Waals surface area contributed by atoms with Crippen LogP contribution in [-0.2, 0) is 0 Å². The Morgan fingerprint density at radius 2 is 2.00 bits per heavy atom. The average Bonchev–Trinajstić information content (AvgIpc) is 1.65. The van der Waals surface area contributed by atoms with Crippen molar-refractivity contribution >= 4 is 0 Å². The van der Waals surface area contributed by atoms with E-state index >= 15 is 0 Å². The minimum Gasteiger partial charge on any atom is -0.392 e. The minimum atomic E-state index is -0.319. The van der Waals surface area contributed by atoms with Crippen molar-refractivity contribution in [1.82, 2.24) is 0 Å². The van der Waals surface area contributed by atoms with Crippen LogP contribution in [0.2, 0.25) is 0 Å². The van der Waals surface area contributed by atoms with E-state index in [1.807, 2.05) is 13.8 Å². The summed E-state index contributed by atoms with van der Waals surface area (Å²) in [4.78, 5) is 0. The topological polar surface area (TPSA) is 46.2 Å². The van der Waals surface area contributed by atoms with Gasteiger partial charge in [0.15, 0.2) is 0 Å². The van der Waals surface area contributed by atoms with E-state index in [0.717, 1.165) is 0 Å². The summed E-state index contributed by atoms with van der Waals surface area (Å²) in [5.74, 6) is 0.296. The molecule has 0 radical (unpaired) electrons. The van der Waals surface area contributed by atoms with Crippen LogP contribution in [0.15, 0.2) is 0 Å². The highest BCUT2D eigenvalue weighted by molar-refractivity contribution is 4.57. The zero-order chi connectivity index (χ0) is 5.86. The van der Waals surface area contributed by atoms with Crippen LogP contribution in [0.3, 0.4) is 0 Å². The van der Waals surface area contributed by atoms with Crippen molar-refractivity contribution in [1.29, 1.82) is 0 Å². The fraction of sp³-hybridized carbons (Fsp3) is 1.00. The summed E-state index contributed by atoms with van der Waals surface area (Å²) in [7, 11) is 0. The van der Waals surface area contributed by atoms with E-state index in [4.69, 9.17) is 10.8 Å². The molecule has 0 saturated carbocycles. The summed E-state index contributed by atoms with van der Waals surface area (Å²) < 4.78 is 0. The van der Waals surface area contributed by atoms with Crippen LogP contribution in [0.4, 0.5) is 0 Å². The van der Waals surface area contributed by atoms with Crippen molar-refractivity contribution in [2.24, 2.45) is 11.7 Å². The lowest BCUT2D eigenvalue weighted by molar-refractivity contribution is 0.133. The quantitative estimate of drug-likeness (QED) is 0.515. The molecule has 0 rings (SSSR count). The summed E-state index contributed by atoms with van der Waals surface area (Å²) in [5, 5.41) is 8.81. The van der Waals surface area contributed by atoms with Crippen molar-refractivity contribution in [2.45, 2.75) is 20.0 Å². The molecule has 0 aliphatic rings. The lowest BCUT2D eigenvalue weighted by atomic mass is 10.1. The van der Waals surface area contributed by atoms with E-state index in [1.54, 1.807) is 0 Å². The second kappa shape index (κ2) is 2.99. The van der Waals surface area contributed by atoms with Gasteiger partial charge in [-0.1, -0.05) is 13.8 Å². The van der Waals surface area contributed by atoms with Crippen LogP contribution in [0.5, 0.6) is 0 Å². The van der Waals surface area contributed by atoms with Crippen LogP contribution < -0.4 is 5.73 Å². The predicted molar refractivity (Wildman–Crippen MR) is 29.9 cm³/mol. The van der Waals surface area contributed by atoms with E-state index in [0.29, 0.717) is 12.5 Å². The van der Waals surface area contributed by atoms with Gasteiger partial charge in [0.05, 0.1) is 6.10 Å². The van der Waals surface area contributed by atoms with Gasteiger partial charge in [0.1, 0.15) is 0 Å². The smallest absolute Gasteiger partial charge is 0.0685 e. The Morgan fingerprint density at radius 3 is 2.00 bits per heavy atom.